The lowest BCUT2D eigenvalue weighted by atomic mass is 9.78. The van der Waals surface area contributed by atoms with Crippen molar-refractivity contribution in [1.29, 1.82) is 0 Å². The standard InChI is InChI=1S/C13H20N4O/c18-13(17-7-3-4-8-17)11-6-2-1-5-10(11)12-14-9-15-16-12/h9-11H,1-8H2,(H,14,15,16)/t10-,11+/m0/s1. The molecule has 5 nitrogen and oxygen atoms in total. The number of rotatable bonds is 2. The zero-order valence-electron chi connectivity index (χ0n) is 10.6. The van der Waals surface area contributed by atoms with Gasteiger partial charge in [0.05, 0.1) is 0 Å². The van der Waals surface area contributed by atoms with Gasteiger partial charge in [0.1, 0.15) is 12.2 Å². The minimum atomic E-state index is 0.116. The third-order valence-corrected chi connectivity index (χ3v) is 4.29. The van der Waals surface area contributed by atoms with E-state index in [0.29, 0.717) is 5.91 Å². The van der Waals surface area contributed by atoms with E-state index in [4.69, 9.17) is 0 Å². The molecule has 0 spiro atoms. The zero-order valence-corrected chi connectivity index (χ0v) is 10.6. The van der Waals surface area contributed by atoms with Crippen molar-refractivity contribution in [2.75, 3.05) is 13.1 Å². The lowest BCUT2D eigenvalue weighted by Gasteiger charge is -2.32. The minimum absolute atomic E-state index is 0.116. The molecule has 2 heterocycles. The van der Waals surface area contributed by atoms with Crippen molar-refractivity contribution in [3.05, 3.63) is 12.2 Å². The van der Waals surface area contributed by atoms with Crippen LogP contribution in [0.25, 0.3) is 0 Å². The molecular formula is C13H20N4O. The summed E-state index contributed by atoms with van der Waals surface area (Å²) in [5.41, 5.74) is 0. The van der Waals surface area contributed by atoms with Crippen LogP contribution in [0, 0.1) is 5.92 Å². The quantitative estimate of drug-likeness (QED) is 0.866. The summed E-state index contributed by atoms with van der Waals surface area (Å²) in [6.45, 7) is 1.89. The fraction of sp³-hybridized carbons (Fsp3) is 0.769. The van der Waals surface area contributed by atoms with Crippen LogP contribution in [0.1, 0.15) is 50.3 Å². The number of likely N-dealkylation sites (tertiary alicyclic amines) is 1. The van der Waals surface area contributed by atoms with Gasteiger partial charge in [0.15, 0.2) is 0 Å². The molecule has 98 valence electrons. The van der Waals surface area contributed by atoms with Crippen LogP contribution in [0.4, 0.5) is 0 Å². The molecule has 5 heteroatoms. The Morgan fingerprint density at radius 3 is 2.72 bits per heavy atom. The molecular weight excluding hydrogens is 228 g/mol. The first kappa shape index (κ1) is 11.7. The van der Waals surface area contributed by atoms with Gasteiger partial charge < -0.3 is 4.90 Å². The van der Waals surface area contributed by atoms with Crippen molar-refractivity contribution in [2.24, 2.45) is 5.92 Å². The Morgan fingerprint density at radius 1 is 1.22 bits per heavy atom. The van der Waals surface area contributed by atoms with E-state index in [2.05, 4.69) is 15.2 Å². The summed E-state index contributed by atoms with van der Waals surface area (Å²) in [6.07, 6.45) is 8.27. The average Bonchev–Trinajstić information content (AvgIpc) is 3.11. The van der Waals surface area contributed by atoms with Gasteiger partial charge in [-0.3, -0.25) is 9.89 Å². The van der Waals surface area contributed by atoms with Crippen LogP contribution >= 0.6 is 0 Å². The fourth-order valence-corrected chi connectivity index (χ4v) is 3.32. The van der Waals surface area contributed by atoms with Crippen molar-refractivity contribution < 1.29 is 4.79 Å². The van der Waals surface area contributed by atoms with Crippen LogP contribution in [-0.2, 0) is 4.79 Å². The number of nitrogens with one attached hydrogen (secondary N) is 1. The summed E-state index contributed by atoms with van der Waals surface area (Å²) >= 11 is 0. The molecule has 18 heavy (non-hydrogen) atoms. The van der Waals surface area contributed by atoms with E-state index in [9.17, 15) is 4.79 Å². The van der Waals surface area contributed by atoms with E-state index in [-0.39, 0.29) is 11.8 Å². The maximum atomic E-state index is 12.6. The topological polar surface area (TPSA) is 61.9 Å². The number of H-pyrrole nitrogens is 1. The van der Waals surface area contributed by atoms with Gasteiger partial charge in [0.25, 0.3) is 0 Å². The fourth-order valence-electron chi connectivity index (χ4n) is 3.32. The monoisotopic (exact) mass is 248 g/mol. The number of amides is 1. The summed E-state index contributed by atoms with van der Waals surface area (Å²) in [4.78, 5) is 18.9. The molecule has 1 aromatic rings. The second kappa shape index (κ2) is 5.08. The van der Waals surface area contributed by atoms with Crippen molar-refractivity contribution >= 4 is 5.91 Å². The van der Waals surface area contributed by atoms with Gasteiger partial charge in [-0.1, -0.05) is 12.8 Å². The molecule has 1 saturated carbocycles. The number of aromatic amines is 1. The Bertz CT molecular complexity index is 397. The van der Waals surface area contributed by atoms with Crippen molar-refractivity contribution in [1.82, 2.24) is 20.1 Å². The molecule has 0 aromatic carbocycles. The van der Waals surface area contributed by atoms with Crippen LogP contribution in [-0.4, -0.2) is 39.1 Å². The van der Waals surface area contributed by atoms with E-state index in [1.165, 1.54) is 6.42 Å². The molecule has 2 atom stereocenters. The molecule has 1 aliphatic carbocycles. The number of aromatic nitrogens is 3. The molecule has 3 rings (SSSR count). The Hall–Kier alpha value is -1.39. The summed E-state index contributed by atoms with van der Waals surface area (Å²) in [5, 5.41) is 6.88. The van der Waals surface area contributed by atoms with Gasteiger partial charge in [-0.2, -0.15) is 5.10 Å². The van der Waals surface area contributed by atoms with Crippen LogP contribution in [0.15, 0.2) is 6.33 Å². The first-order chi connectivity index (χ1) is 8.86. The van der Waals surface area contributed by atoms with E-state index >= 15 is 0 Å². The predicted molar refractivity (Wildman–Crippen MR) is 66.9 cm³/mol. The second-order valence-electron chi connectivity index (χ2n) is 5.40. The lowest BCUT2D eigenvalue weighted by molar-refractivity contribution is -0.136. The van der Waals surface area contributed by atoms with E-state index in [1.54, 1.807) is 6.33 Å². The van der Waals surface area contributed by atoms with Crippen molar-refractivity contribution in [3.63, 3.8) is 0 Å². The highest BCUT2D eigenvalue weighted by molar-refractivity contribution is 5.80. The highest BCUT2D eigenvalue weighted by Crippen LogP contribution is 2.37. The molecule has 1 amide bonds. The molecule has 1 saturated heterocycles. The Balaban J connectivity index is 1.77. The van der Waals surface area contributed by atoms with Crippen LogP contribution < -0.4 is 0 Å². The summed E-state index contributed by atoms with van der Waals surface area (Å²) in [7, 11) is 0. The molecule has 2 fully saturated rings. The largest absolute Gasteiger partial charge is 0.342 e. The first-order valence-electron chi connectivity index (χ1n) is 7.00. The lowest BCUT2D eigenvalue weighted by Crippen LogP contribution is -2.38. The van der Waals surface area contributed by atoms with Crippen LogP contribution in [0.2, 0.25) is 0 Å². The minimum Gasteiger partial charge on any atom is -0.342 e. The van der Waals surface area contributed by atoms with Gasteiger partial charge >= 0.3 is 0 Å². The third-order valence-electron chi connectivity index (χ3n) is 4.29. The third kappa shape index (κ3) is 2.13. The molecule has 1 N–H and O–H groups in total. The van der Waals surface area contributed by atoms with Gasteiger partial charge in [0.2, 0.25) is 5.91 Å². The van der Waals surface area contributed by atoms with Crippen molar-refractivity contribution in [3.8, 4) is 0 Å². The number of carbonyl (C=O) groups excluding carboxylic acids is 1. The average molecular weight is 248 g/mol. The van der Waals surface area contributed by atoms with Crippen molar-refractivity contribution in [2.45, 2.75) is 44.4 Å². The molecule has 1 aromatic heterocycles. The van der Waals surface area contributed by atoms with E-state index in [0.717, 1.165) is 51.0 Å². The first-order valence-corrected chi connectivity index (χ1v) is 7.00. The van der Waals surface area contributed by atoms with Gasteiger partial charge in [-0.15, -0.1) is 0 Å². The summed E-state index contributed by atoms with van der Waals surface area (Å²) in [6, 6.07) is 0. The van der Waals surface area contributed by atoms with E-state index < -0.39 is 0 Å². The molecule has 0 radical (unpaired) electrons. The molecule has 1 aliphatic heterocycles. The number of carbonyl (C=O) groups is 1. The summed E-state index contributed by atoms with van der Waals surface area (Å²) < 4.78 is 0. The Labute approximate surface area is 107 Å². The number of hydrogen-bond acceptors (Lipinski definition) is 3. The highest BCUT2D eigenvalue weighted by Gasteiger charge is 2.36. The zero-order chi connectivity index (χ0) is 12.4. The smallest absolute Gasteiger partial charge is 0.226 e. The van der Waals surface area contributed by atoms with Gasteiger partial charge in [-0.25, -0.2) is 4.98 Å². The van der Waals surface area contributed by atoms with Crippen LogP contribution in [0.3, 0.4) is 0 Å². The highest BCUT2D eigenvalue weighted by atomic mass is 16.2. The van der Waals surface area contributed by atoms with Crippen LogP contribution in [0.5, 0.6) is 0 Å². The van der Waals surface area contributed by atoms with E-state index in [1.807, 2.05) is 4.90 Å². The maximum absolute atomic E-state index is 12.6. The number of nitrogens with zero attached hydrogens (tertiary/aromatic N) is 3. The summed E-state index contributed by atoms with van der Waals surface area (Å²) in [5.74, 6) is 1.60. The normalized spacial score (nSPS) is 28.6. The second-order valence-corrected chi connectivity index (χ2v) is 5.40. The Kier molecular flexibility index (Phi) is 3.30. The van der Waals surface area contributed by atoms with Gasteiger partial charge in [-0.05, 0) is 25.7 Å². The molecule has 0 unspecified atom stereocenters. The predicted octanol–water partition coefficient (Wildman–Crippen LogP) is 1.70. The number of hydrogen-bond donors (Lipinski definition) is 1. The Morgan fingerprint density at radius 2 is 2.00 bits per heavy atom. The molecule has 0 bridgehead atoms. The maximum Gasteiger partial charge on any atom is 0.226 e. The SMILES string of the molecule is O=C([C@@H]1CCCC[C@@H]1c1ncn[nH]1)N1CCCC1. The molecule has 2 aliphatic rings. The van der Waals surface area contributed by atoms with Gasteiger partial charge in [0, 0.05) is 24.9 Å².